The summed E-state index contributed by atoms with van der Waals surface area (Å²) >= 11 is 0. The van der Waals surface area contributed by atoms with Gasteiger partial charge in [-0.3, -0.25) is 4.79 Å². The van der Waals surface area contributed by atoms with E-state index in [-0.39, 0.29) is 24.4 Å². The summed E-state index contributed by atoms with van der Waals surface area (Å²) in [6.45, 7) is 3.49. The Morgan fingerprint density at radius 1 is 1.30 bits per heavy atom. The predicted octanol–water partition coefficient (Wildman–Crippen LogP) is 1.21. The average molecular weight is 296 g/mol. The molecule has 1 aromatic carbocycles. The number of para-hydroxylation sites is 1. The van der Waals surface area contributed by atoms with Crippen LogP contribution in [0.1, 0.15) is 25.6 Å². The molecule has 0 spiro atoms. The summed E-state index contributed by atoms with van der Waals surface area (Å²) in [5.41, 5.74) is 7.12. The number of aromatic nitrogens is 3. The van der Waals surface area contributed by atoms with Gasteiger partial charge in [0.1, 0.15) is 5.69 Å². The minimum Gasteiger partial charge on any atom is -0.347 e. The van der Waals surface area contributed by atoms with E-state index in [1.165, 1.54) is 0 Å². The number of amides is 1. The number of nitrogens with one attached hydrogen (secondary N) is 1. The van der Waals surface area contributed by atoms with Crippen LogP contribution in [0.3, 0.4) is 0 Å². The number of carbonyl (C=O) groups excluding carboxylic acids is 1. The molecule has 0 bridgehead atoms. The van der Waals surface area contributed by atoms with Gasteiger partial charge in [-0.1, -0.05) is 23.4 Å². The minimum atomic E-state index is -0.536. The Morgan fingerprint density at radius 3 is 2.55 bits per heavy atom. The van der Waals surface area contributed by atoms with Crippen molar-refractivity contribution in [1.82, 2.24) is 20.3 Å². The average Bonchev–Trinajstić information content (AvgIpc) is 2.89. The SMILES string of the molecule is CC(NC(=O)[C@H](C)N)c1cn(-c2ccccc2)nn1.Cl. The van der Waals surface area contributed by atoms with Gasteiger partial charge in [-0.05, 0) is 26.0 Å². The quantitative estimate of drug-likeness (QED) is 0.888. The van der Waals surface area contributed by atoms with Crippen molar-refractivity contribution in [1.29, 1.82) is 0 Å². The van der Waals surface area contributed by atoms with Gasteiger partial charge in [-0.15, -0.1) is 17.5 Å². The van der Waals surface area contributed by atoms with Crippen molar-refractivity contribution >= 4 is 18.3 Å². The lowest BCUT2D eigenvalue weighted by Gasteiger charge is -2.12. The highest BCUT2D eigenvalue weighted by Gasteiger charge is 2.15. The van der Waals surface area contributed by atoms with Crippen LogP contribution >= 0.6 is 12.4 Å². The number of halogens is 1. The summed E-state index contributed by atoms with van der Waals surface area (Å²) in [6.07, 6.45) is 1.79. The summed E-state index contributed by atoms with van der Waals surface area (Å²) in [6, 6.07) is 8.90. The summed E-state index contributed by atoms with van der Waals surface area (Å²) in [4.78, 5) is 11.5. The van der Waals surface area contributed by atoms with Crippen LogP contribution in [0.4, 0.5) is 0 Å². The maximum absolute atomic E-state index is 11.5. The molecule has 1 aromatic heterocycles. The maximum atomic E-state index is 11.5. The molecule has 2 aromatic rings. The Morgan fingerprint density at radius 2 is 1.95 bits per heavy atom. The van der Waals surface area contributed by atoms with Gasteiger partial charge < -0.3 is 11.1 Å². The van der Waals surface area contributed by atoms with E-state index in [0.717, 1.165) is 5.69 Å². The van der Waals surface area contributed by atoms with Gasteiger partial charge in [0.05, 0.1) is 24.0 Å². The highest BCUT2D eigenvalue weighted by atomic mass is 35.5. The van der Waals surface area contributed by atoms with Crippen LogP contribution in [0.25, 0.3) is 5.69 Å². The Bertz CT molecular complexity index is 555. The molecule has 0 saturated heterocycles. The van der Waals surface area contributed by atoms with Crippen LogP contribution in [0.2, 0.25) is 0 Å². The van der Waals surface area contributed by atoms with Crippen LogP contribution < -0.4 is 11.1 Å². The lowest BCUT2D eigenvalue weighted by Crippen LogP contribution is -2.39. The zero-order valence-corrected chi connectivity index (χ0v) is 12.2. The second kappa shape index (κ2) is 7.02. The number of carbonyl (C=O) groups is 1. The monoisotopic (exact) mass is 295 g/mol. The summed E-state index contributed by atoms with van der Waals surface area (Å²) < 4.78 is 1.67. The van der Waals surface area contributed by atoms with Crippen LogP contribution in [0.15, 0.2) is 36.5 Å². The first-order valence-electron chi connectivity index (χ1n) is 6.11. The number of rotatable bonds is 4. The van der Waals surface area contributed by atoms with Crippen molar-refractivity contribution in [3.8, 4) is 5.69 Å². The molecule has 2 rings (SSSR count). The van der Waals surface area contributed by atoms with E-state index < -0.39 is 6.04 Å². The fraction of sp³-hybridized carbons (Fsp3) is 0.308. The molecular weight excluding hydrogens is 278 g/mol. The van der Waals surface area contributed by atoms with E-state index in [1.807, 2.05) is 37.3 Å². The summed E-state index contributed by atoms with van der Waals surface area (Å²) in [5.74, 6) is -0.207. The molecule has 0 aliphatic carbocycles. The smallest absolute Gasteiger partial charge is 0.237 e. The molecule has 108 valence electrons. The van der Waals surface area contributed by atoms with Crippen LogP contribution in [0, 0.1) is 0 Å². The number of benzene rings is 1. The third kappa shape index (κ3) is 3.79. The Kier molecular flexibility index (Phi) is 5.66. The first kappa shape index (κ1) is 16.1. The van der Waals surface area contributed by atoms with Crippen LogP contribution in [0.5, 0.6) is 0 Å². The molecule has 1 amide bonds. The summed E-state index contributed by atoms with van der Waals surface area (Å²) in [7, 11) is 0. The highest BCUT2D eigenvalue weighted by molar-refractivity contribution is 5.85. The minimum absolute atomic E-state index is 0. The topological polar surface area (TPSA) is 85.8 Å². The van der Waals surface area contributed by atoms with Crippen molar-refractivity contribution in [2.24, 2.45) is 5.73 Å². The van der Waals surface area contributed by atoms with Gasteiger partial charge in [0.2, 0.25) is 5.91 Å². The molecule has 0 aliphatic heterocycles. The number of nitrogens with zero attached hydrogens (tertiary/aromatic N) is 3. The normalized spacial score (nSPS) is 13.2. The third-order valence-electron chi connectivity index (χ3n) is 2.75. The van der Waals surface area contributed by atoms with Crippen molar-refractivity contribution < 1.29 is 4.79 Å². The van der Waals surface area contributed by atoms with Crippen molar-refractivity contribution in [2.45, 2.75) is 25.9 Å². The first-order chi connectivity index (χ1) is 9.08. The maximum Gasteiger partial charge on any atom is 0.237 e. The molecule has 2 atom stereocenters. The number of nitrogens with two attached hydrogens (primary N) is 1. The van der Waals surface area contributed by atoms with E-state index in [1.54, 1.807) is 17.8 Å². The molecular formula is C13H18ClN5O. The lowest BCUT2D eigenvalue weighted by atomic mass is 10.2. The Labute approximate surface area is 123 Å². The van der Waals surface area contributed by atoms with Crippen LogP contribution in [-0.4, -0.2) is 26.9 Å². The van der Waals surface area contributed by atoms with E-state index in [0.29, 0.717) is 5.69 Å². The largest absolute Gasteiger partial charge is 0.347 e. The van der Waals surface area contributed by atoms with Gasteiger partial charge in [0.25, 0.3) is 0 Å². The van der Waals surface area contributed by atoms with Gasteiger partial charge >= 0.3 is 0 Å². The fourth-order valence-electron chi connectivity index (χ4n) is 1.60. The molecule has 0 radical (unpaired) electrons. The van der Waals surface area contributed by atoms with Crippen molar-refractivity contribution in [3.63, 3.8) is 0 Å². The van der Waals surface area contributed by atoms with Gasteiger partial charge in [0, 0.05) is 0 Å². The van der Waals surface area contributed by atoms with Crippen molar-refractivity contribution in [2.75, 3.05) is 0 Å². The third-order valence-corrected chi connectivity index (χ3v) is 2.75. The molecule has 1 heterocycles. The number of hydrogen-bond donors (Lipinski definition) is 2. The lowest BCUT2D eigenvalue weighted by molar-refractivity contribution is -0.122. The molecule has 0 aliphatic rings. The van der Waals surface area contributed by atoms with Gasteiger partial charge in [0.15, 0.2) is 0 Å². The Balaban J connectivity index is 0.00000200. The second-order valence-electron chi connectivity index (χ2n) is 4.44. The number of hydrogen-bond acceptors (Lipinski definition) is 4. The molecule has 20 heavy (non-hydrogen) atoms. The van der Waals surface area contributed by atoms with Crippen LogP contribution in [-0.2, 0) is 4.79 Å². The van der Waals surface area contributed by atoms with Crippen molar-refractivity contribution in [3.05, 3.63) is 42.2 Å². The molecule has 3 N–H and O–H groups in total. The second-order valence-corrected chi connectivity index (χ2v) is 4.44. The fourth-order valence-corrected chi connectivity index (χ4v) is 1.60. The van der Waals surface area contributed by atoms with E-state index >= 15 is 0 Å². The standard InChI is InChI=1S/C13H17N5O.ClH/c1-9(14)13(19)15-10(2)12-8-18(17-16-12)11-6-4-3-5-7-11;/h3-10H,14H2,1-2H3,(H,15,19);1H/t9-,10?;/m0./s1. The van der Waals surface area contributed by atoms with Gasteiger partial charge in [-0.2, -0.15) is 0 Å². The van der Waals surface area contributed by atoms with E-state index in [4.69, 9.17) is 5.73 Å². The summed E-state index contributed by atoms with van der Waals surface area (Å²) in [5, 5.41) is 10.9. The predicted molar refractivity (Wildman–Crippen MR) is 78.8 cm³/mol. The van der Waals surface area contributed by atoms with Gasteiger partial charge in [-0.25, -0.2) is 4.68 Å². The molecule has 1 unspecified atom stereocenters. The highest BCUT2D eigenvalue weighted by Crippen LogP contribution is 2.11. The van der Waals surface area contributed by atoms with E-state index in [9.17, 15) is 4.79 Å². The Hall–Kier alpha value is -1.92. The molecule has 7 heteroatoms. The molecule has 0 saturated carbocycles. The molecule has 6 nitrogen and oxygen atoms in total. The molecule has 0 fully saturated rings. The zero-order valence-electron chi connectivity index (χ0n) is 11.4. The van der Waals surface area contributed by atoms with E-state index in [2.05, 4.69) is 15.6 Å². The zero-order chi connectivity index (χ0) is 13.8. The first-order valence-corrected chi connectivity index (χ1v) is 6.11.